The van der Waals surface area contributed by atoms with E-state index >= 15 is 0 Å². The molecule has 0 aliphatic rings. The highest BCUT2D eigenvalue weighted by atomic mass is 35.5. The standard InChI is InChI=1S/C29H31Cl4N3O4S/c1-5-26(28(38)34-29(2,3)4)35(17-21-22(30)12-9-13-23(21)31)27(37)18-36(19-14-15-24(32)25(33)16-19)41(39,40)20-10-7-6-8-11-20/h6-16,26H,5,17-18H2,1-4H3,(H,34,38). The number of benzene rings is 3. The Balaban J connectivity index is 2.13. The Hall–Kier alpha value is -2.49. The fourth-order valence-electron chi connectivity index (χ4n) is 4.11. The van der Waals surface area contributed by atoms with Gasteiger partial charge in [-0.2, -0.15) is 0 Å². The van der Waals surface area contributed by atoms with E-state index < -0.39 is 40.0 Å². The summed E-state index contributed by atoms with van der Waals surface area (Å²) < 4.78 is 28.7. The number of anilines is 1. The SMILES string of the molecule is CCC(C(=O)NC(C)(C)C)N(Cc1c(Cl)cccc1Cl)C(=O)CN(c1ccc(Cl)c(Cl)c1)S(=O)(=O)c1ccccc1. The summed E-state index contributed by atoms with van der Waals surface area (Å²) in [4.78, 5) is 28.8. The van der Waals surface area contributed by atoms with E-state index in [1.807, 2.05) is 20.8 Å². The number of nitrogens with zero attached hydrogens (tertiary/aromatic N) is 2. The number of carbonyl (C=O) groups is 2. The molecule has 0 bridgehead atoms. The molecule has 1 N–H and O–H groups in total. The van der Waals surface area contributed by atoms with Crippen LogP contribution in [0.4, 0.5) is 5.69 Å². The van der Waals surface area contributed by atoms with Crippen molar-refractivity contribution in [3.63, 3.8) is 0 Å². The van der Waals surface area contributed by atoms with E-state index in [-0.39, 0.29) is 33.6 Å². The maximum atomic E-state index is 14.1. The van der Waals surface area contributed by atoms with Crippen molar-refractivity contribution >= 4 is 73.9 Å². The predicted octanol–water partition coefficient (Wildman–Crippen LogP) is 7.22. The van der Waals surface area contributed by atoms with Crippen molar-refractivity contribution in [2.75, 3.05) is 10.8 Å². The summed E-state index contributed by atoms with van der Waals surface area (Å²) in [6.07, 6.45) is 0.244. The smallest absolute Gasteiger partial charge is 0.264 e. The van der Waals surface area contributed by atoms with Gasteiger partial charge in [0.15, 0.2) is 0 Å². The third-order valence-electron chi connectivity index (χ3n) is 6.08. The monoisotopic (exact) mass is 657 g/mol. The fourth-order valence-corrected chi connectivity index (χ4v) is 6.35. The van der Waals surface area contributed by atoms with Gasteiger partial charge in [0.1, 0.15) is 12.6 Å². The Morgan fingerprint density at radius 1 is 0.854 bits per heavy atom. The number of amides is 2. The van der Waals surface area contributed by atoms with Crippen molar-refractivity contribution in [1.82, 2.24) is 10.2 Å². The minimum atomic E-state index is -4.25. The molecular weight excluding hydrogens is 628 g/mol. The van der Waals surface area contributed by atoms with Crippen LogP contribution >= 0.6 is 46.4 Å². The Labute approximate surface area is 261 Å². The van der Waals surface area contributed by atoms with Crippen LogP contribution < -0.4 is 9.62 Å². The van der Waals surface area contributed by atoms with Crippen LogP contribution in [0.15, 0.2) is 71.6 Å². The minimum absolute atomic E-state index is 0.0305. The Morgan fingerprint density at radius 2 is 1.46 bits per heavy atom. The molecular formula is C29H31Cl4N3O4S. The normalized spacial score (nSPS) is 12.5. The molecule has 0 aliphatic heterocycles. The van der Waals surface area contributed by atoms with E-state index in [0.717, 1.165) is 4.31 Å². The second-order valence-electron chi connectivity index (χ2n) is 10.3. The second kappa shape index (κ2) is 13.7. The van der Waals surface area contributed by atoms with Crippen LogP contribution in [0.3, 0.4) is 0 Å². The fraction of sp³-hybridized carbons (Fsp3) is 0.310. The third kappa shape index (κ3) is 8.30. The van der Waals surface area contributed by atoms with Crippen LogP contribution in [0.5, 0.6) is 0 Å². The lowest BCUT2D eigenvalue weighted by Gasteiger charge is -2.35. The molecule has 3 aromatic rings. The highest BCUT2D eigenvalue weighted by Crippen LogP contribution is 2.32. The lowest BCUT2D eigenvalue weighted by molar-refractivity contribution is -0.141. The molecule has 1 unspecified atom stereocenters. The molecule has 0 spiro atoms. The van der Waals surface area contributed by atoms with Crippen molar-refractivity contribution < 1.29 is 18.0 Å². The number of carbonyl (C=O) groups excluding carboxylic acids is 2. The quantitative estimate of drug-likeness (QED) is 0.249. The molecule has 0 radical (unpaired) electrons. The molecule has 1 atom stereocenters. The van der Waals surface area contributed by atoms with Gasteiger partial charge in [0.2, 0.25) is 11.8 Å². The predicted molar refractivity (Wildman–Crippen MR) is 166 cm³/mol. The largest absolute Gasteiger partial charge is 0.350 e. The Kier molecular flexibility index (Phi) is 11.0. The maximum absolute atomic E-state index is 14.1. The summed E-state index contributed by atoms with van der Waals surface area (Å²) in [6, 6.07) is 16.0. The average Bonchev–Trinajstić information content (AvgIpc) is 2.89. The van der Waals surface area contributed by atoms with E-state index in [1.165, 1.54) is 35.2 Å². The van der Waals surface area contributed by atoms with Crippen LogP contribution in [0.25, 0.3) is 0 Å². The number of hydrogen-bond donors (Lipinski definition) is 1. The Morgan fingerprint density at radius 3 is 2.00 bits per heavy atom. The molecule has 41 heavy (non-hydrogen) atoms. The number of rotatable bonds is 10. The highest BCUT2D eigenvalue weighted by Gasteiger charge is 2.35. The van der Waals surface area contributed by atoms with Crippen molar-refractivity contribution in [3.8, 4) is 0 Å². The molecule has 0 saturated carbocycles. The average molecular weight is 659 g/mol. The molecule has 3 aromatic carbocycles. The lowest BCUT2D eigenvalue weighted by atomic mass is 10.1. The van der Waals surface area contributed by atoms with Gasteiger partial charge in [0, 0.05) is 27.7 Å². The topological polar surface area (TPSA) is 86.8 Å². The molecule has 0 fully saturated rings. The van der Waals surface area contributed by atoms with E-state index in [2.05, 4.69) is 5.32 Å². The lowest BCUT2D eigenvalue weighted by Crippen LogP contribution is -2.55. The molecule has 3 rings (SSSR count). The van der Waals surface area contributed by atoms with Crippen LogP contribution in [-0.4, -0.2) is 43.3 Å². The van der Waals surface area contributed by atoms with Gasteiger partial charge in [0.05, 0.1) is 20.6 Å². The third-order valence-corrected chi connectivity index (χ3v) is 9.31. The van der Waals surface area contributed by atoms with Gasteiger partial charge in [0.25, 0.3) is 10.0 Å². The van der Waals surface area contributed by atoms with Crippen molar-refractivity contribution in [2.24, 2.45) is 0 Å². The summed E-state index contributed by atoms with van der Waals surface area (Å²) in [5, 5.41) is 3.86. The van der Waals surface area contributed by atoms with Crippen molar-refractivity contribution in [2.45, 2.75) is 57.1 Å². The number of hydrogen-bond acceptors (Lipinski definition) is 4. The van der Waals surface area contributed by atoms with Crippen LogP contribution in [0.2, 0.25) is 20.1 Å². The first-order chi connectivity index (χ1) is 19.2. The van der Waals surface area contributed by atoms with Gasteiger partial charge >= 0.3 is 0 Å². The summed E-state index contributed by atoms with van der Waals surface area (Å²) in [5.41, 5.74) is -0.0259. The summed E-state index contributed by atoms with van der Waals surface area (Å²) >= 11 is 25.2. The maximum Gasteiger partial charge on any atom is 0.264 e. The van der Waals surface area contributed by atoms with E-state index in [1.54, 1.807) is 43.3 Å². The van der Waals surface area contributed by atoms with Gasteiger partial charge in [-0.1, -0.05) is 77.6 Å². The highest BCUT2D eigenvalue weighted by molar-refractivity contribution is 7.92. The van der Waals surface area contributed by atoms with Gasteiger partial charge in [-0.3, -0.25) is 13.9 Å². The number of nitrogens with one attached hydrogen (secondary N) is 1. The number of halogens is 4. The van der Waals surface area contributed by atoms with Crippen molar-refractivity contribution in [3.05, 3.63) is 92.4 Å². The first kappa shape index (κ1) is 33.0. The zero-order valence-corrected chi connectivity index (χ0v) is 26.8. The van der Waals surface area contributed by atoms with E-state index in [9.17, 15) is 18.0 Å². The molecule has 0 aromatic heterocycles. The zero-order chi connectivity index (χ0) is 30.5. The first-order valence-corrected chi connectivity index (χ1v) is 15.7. The summed E-state index contributed by atoms with van der Waals surface area (Å²) in [5.74, 6) is -1.05. The molecule has 0 heterocycles. The first-order valence-electron chi connectivity index (χ1n) is 12.7. The molecule has 0 saturated heterocycles. The second-order valence-corrected chi connectivity index (χ2v) is 13.8. The molecule has 12 heteroatoms. The molecule has 7 nitrogen and oxygen atoms in total. The van der Waals surface area contributed by atoms with E-state index in [4.69, 9.17) is 46.4 Å². The van der Waals surface area contributed by atoms with Crippen molar-refractivity contribution in [1.29, 1.82) is 0 Å². The zero-order valence-electron chi connectivity index (χ0n) is 23.0. The van der Waals surface area contributed by atoms with E-state index in [0.29, 0.717) is 15.6 Å². The van der Waals surface area contributed by atoms with Crippen LogP contribution in [-0.2, 0) is 26.2 Å². The van der Waals surface area contributed by atoms with Crippen LogP contribution in [0.1, 0.15) is 39.7 Å². The van der Waals surface area contributed by atoms with Gasteiger partial charge in [-0.15, -0.1) is 0 Å². The number of sulfonamides is 1. The van der Waals surface area contributed by atoms with Crippen LogP contribution in [0, 0.1) is 0 Å². The molecule has 220 valence electrons. The van der Waals surface area contributed by atoms with Gasteiger partial charge in [-0.25, -0.2) is 8.42 Å². The molecule has 2 amide bonds. The minimum Gasteiger partial charge on any atom is -0.350 e. The van der Waals surface area contributed by atoms with Gasteiger partial charge < -0.3 is 10.2 Å². The summed E-state index contributed by atoms with van der Waals surface area (Å²) in [7, 11) is -4.25. The molecule has 0 aliphatic carbocycles. The van der Waals surface area contributed by atoms with Gasteiger partial charge in [-0.05, 0) is 69.7 Å². The Bertz CT molecular complexity index is 1490. The summed E-state index contributed by atoms with van der Waals surface area (Å²) in [6.45, 7) is 6.47.